The van der Waals surface area contributed by atoms with Crippen LogP contribution in [-0.2, 0) is 0 Å². The van der Waals surface area contributed by atoms with E-state index in [0.29, 0.717) is 17.4 Å². The van der Waals surface area contributed by atoms with Crippen molar-refractivity contribution in [3.63, 3.8) is 0 Å². The minimum Gasteiger partial charge on any atom is -0.319 e. The Bertz CT molecular complexity index is 844. The number of hydrogen-bond donors (Lipinski definition) is 1. The summed E-state index contributed by atoms with van der Waals surface area (Å²) in [6, 6.07) is 4.55. The van der Waals surface area contributed by atoms with E-state index in [9.17, 15) is 13.6 Å². The van der Waals surface area contributed by atoms with E-state index in [4.69, 9.17) is 0 Å². The Morgan fingerprint density at radius 1 is 1.29 bits per heavy atom. The van der Waals surface area contributed by atoms with Crippen LogP contribution in [0.4, 0.5) is 14.5 Å². The van der Waals surface area contributed by atoms with Crippen LogP contribution in [0.5, 0.6) is 0 Å². The number of rotatable bonds is 2. The van der Waals surface area contributed by atoms with E-state index in [1.54, 1.807) is 12.3 Å². The lowest BCUT2D eigenvalue weighted by atomic mass is 10.2. The van der Waals surface area contributed by atoms with Crippen LogP contribution in [0, 0.1) is 18.6 Å². The standard InChI is InChI=1S/C14H10F2N4O/c1-8-4-13-17-6-10(7-20(13)19-8)18-14(21)11-3-2-9(15)5-12(11)16/h2-7H,1H3,(H,18,21). The third kappa shape index (κ3) is 2.58. The number of aromatic nitrogens is 3. The van der Waals surface area contributed by atoms with Gasteiger partial charge in [0.1, 0.15) is 11.6 Å². The number of hydrogen-bond acceptors (Lipinski definition) is 3. The average molecular weight is 288 g/mol. The first-order valence-corrected chi connectivity index (χ1v) is 6.11. The highest BCUT2D eigenvalue weighted by atomic mass is 19.1. The molecule has 0 saturated heterocycles. The number of halogens is 2. The van der Waals surface area contributed by atoms with Crippen molar-refractivity contribution in [3.8, 4) is 0 Å². The highest BCUT2D eigenvalue weighted by Crippen LogP contribution is 2.13. The first-order valence-electron chi connectivity index (χ1n) is 6.11. The van der Waals surface area contributed by atoms with E-state index < -0.39 is 17.5 Å². The molecule has 0 aliphatic carbocycles. The second-order valence-electron chi connectivity index (χ2n) is 4.51. The van der Waals surface area contributed by atoms with E-state index in [0.717, 1.165) is 17.8 Å². The number of carbonyl (C=O) groups is 1. The Balaban J connectivity index is 1.88. The molecule has 1 aromatic carbocycles. The summed E-state index contributed by atoms with van der Waals surface area (Å²) in [4.78, 5) is 16.1. The zero-order chi connectivity index (χ0) is 15.0. The zero-order valence-corrected chi connectivity index (χ0v) is 11.0. The van der Waals surface area contributed by atoms with Crippen molar-refractivity contribution >= 4 is 17.2 Å². The van der Waals surface area contributed by atoms with Crippen molar-refractivity contribution < 1.29 is 13.6 Å². The molecule has 7 heteroatoms. The van der Waals surface area contributed by atoms with Crippen molar-refractivity contribution in [3.05, 3.63) is 59.6 Å². The number of carbonyl (C=O) groups excluding carboxylic acids is 1. The van der Waals surface area contributed by atoms with Crippen molar-refractivity contribution in [2.75, 3.05) is 5.32 Å². The number of nitrogens with one attached hydrogen (secondary N) is 1. The monoisotopic (exact) mass is 288 g/mol. The van der Waals surface area contributed by atoms with Gasteiger partial charge >= 0.3 is 0 Å². The lowest BCUT2D eigenvalue weighted by Crippen LogP contribution is -2.14. The number of anilines is 1. The van der Waals surface area contributed by atoms with Crippen LogP contribution < -0.4 is 5.32 Å². The molecule has 2 aromatic heterocycles. The molecule has 0 aliphatic rings. The summed E-state index contributed by atoms with van der Waals surface area (Å²) in [5, 5.41) is 6.66. The summed E-state index contributed by atoms with van der Waals surface area (Å²) in [6.45, 7) is 1.82. The molecule has 0 radical (unpaired) electrons. The molecule has 1 amide bonds. The molecular formula is C14H10F2N4O. The third-order valence-electron chi connectivity index (χ3n) is 2.87. The van der Waals surface area contributed by atoms with E-state index >= 15 is 0 Å². The van der Waals surface area contributed by atoms with Crippen molar-refractivity contribution in [1.82, 2.24) is 14.6 Å². The Hall–Kier alpha value is -2.83. The largest absolute Gasteiger partial charge is 0.319 e. The number of fused-ring (bicyclic) bond motifs is 1. The van der Waals surface area contributed by atoms with Gasteiger partial charge in [0.05, 0.1) is 29.3 Å². The molecule has 0 unspecified atom stereocenters. The van der Waals surface area contributed by atoms with E-state index in [1.165, 1.54) is 10.7 Å². The average Bonchev–Trinajstić information content (AvgIpc) is 2.77. The predicted octanol–water partition coefficient (Wildman–Crippen LogP) is 2.57. The molecule has 3 rings (SSSR count). The third-order valence-corrected chi connectivity index (χ3v) is 2.87. The second kappa shape index (κ2) is 4.93. The Morgan fingerprint density at radius 3 is 2.86 bits per heavy atom. The molecule has 3 aromatic rings. The summed E-state index contributed by atoms with van der Waals surface area (Å²) in [5.41, 5.74) is 1.54. The topological polar surface area (TPSA) is 59.3 Å². The van der Waals surface area contributed by atoms with Gasteiger partial charge in [-0.3, -0.25) is 4.79 Å². The molecule has 21 heavy (non-hydrogen) atoms. The highest BCUT2D eigenvalue weighted by Gasteiger charge is 2.13. The van der Waals surface area contributed by atoms with Gasteiger partial charge in [0.15, 0.2) is 5.65 Å². The first-order chi connectivity index (χ1) is 10.0. The fourth-order valence-corrected chi connectivity index (χ4v) is 1.93. The molecular weight excluding hydrogens is 278 g/mol. The van der Waals surface area contributed by atoms with E-state index in [1.807, 2.05) is 6.92 Å². The Morgan fingerprint density at radius 2 is 2.10 bits per heavy atom. The molecule has 0 spiro atoms. The molecule has 0 atom stereocenters. The summed E-state index contributed by atoms with van der Waals surface area (Å²) < 4.78 is 27.9. The first kappa shape index (κ1) is 13.2. The fraction of sp³-hybridized carbons (Fsp3) is 0.0714. The van der Waals surface area contributed by atoms with Crippen LogP contribution in [0.15, 0.2) is 36.7 Å². The number of aryl methyl sites for hydroxylation is 1. The summed E-state index contributed by atoms with van der Waals surface area (Å²) >= 11 is 0. The van der Waals surface area contributed by atoms with Crippen molar-refractivity contribution in [2.45, 2.75) is 6.92 Å². The summed E-state index contributed by atoms with van der Waals surface area (Å²) in [6.07, 6.45) is 3.00. The second-order valence-corrected chi connectivity index (χ2v) is 4.51. The van der Waals surface area contributed by atoms with Gasteiger partial charge in [-0.2, -0.15) is 5.10 Å². The maximum absolute atomic E-state index is 13.5. The zero-order valence-electron chi connectivity index (χ0n) is 11.0. The predicted molar refractivity (Wildman–Crippen MR) is 72.0 cm³/mol. The van der Waals surface area contributed by atoms with Crippen LogP contribution in [0.25, 0.3) is 5.65 Å². The highest BCUT2D eigenvalue weighted by molar-refractivity contribution is 6.04. The van der Waals surface area contributed by atoms with Crippen molar-refractivity contribution in [2.24, 2.45) is 0 Å². The lowest BCUT2D eigenvalue weighted by Gasteiger charge is -2.06. The van der Waals surface area contributed by atoms with Gasteiger partial charge in [-0.15, -0.1) is 0 Å². The van der Waals surface area contributed by atoms with E-state index in [-0.39, 0.29) is 5.56 Å². The molecule has 5 nitrogen and oxygen atoms in total. The molecule has 0 fully saturated rings. The van der Waals surface area contributed by atoms with Gasteiger partial charge in [-0.05, 0) is 19.1 Å². The maximum Gasteiger partial charge on any atom is 0.258 e. The van der Waals surface area contributed by atoms with Gasteiger partial charge in [0.2, 0.25) is 0 Å². The van der Waals surface area contributed by atoms with Crippen LogP contribution in [-0.4, -0.2) is 20.5 Å². The Kier molecular flexibility index (Phi) is 3.09. The number of nitrogens with zero attached hydrogens (tertiary/aromatic N) is 3. The smallest absolute Gasteiger partial charge is 0.258 e. The van der Waals surface area contributed by atoms with Crippen molar-refractivity contribution in [1.29, 1.82) is 0 Å². The molecule has 1 N–H and O–H groups in total. The minimum absolute atomic E-state index is 0.242. The van der Waals surface area contributed by atoms with Gasteiger partial charge < -0.3 is 5.32 Å². The van der Waals surface area contributed by atoms with E-state index in [2.05, 4.69) is 15.4 Å². The molecule has 2 heterocycles. The normalized spacial score (nSPS) is 10.8. The SMILES string of the molecule is Cc1cc2ncc(NC(=O)c3ccc(F)cc3F)cn2n1. The maximum atomic E-state index is 13.5. The minimum atomic E-state index is -0.920. The van der Waals surface area contributed by atoms with Gasteiger partial charge in [-0.25, -0.2) is 18.3 Å². The molecule has 0 saturated carbocycles. The van der Waals surface area contributed by atoms with Crippen LogP contribution in [0.2, 0.25) is 0 Å². The fourth-order valence-electron chi connectivity index (χ4n) is 1.93. The Labute approximate surface area is 118 Å². The van der Waals surface area contributed by atoms with Gasteiger partial charge in [0.25, 0.3) is 5.91 Å². The number of amides is 1. The van der Waals surface area contributed by atoms with Gasteiger partial charge in [-0.1, -0.05) is 0 Å². The number of benzene rings is 1. The summed E-state index contributed by atoms with van der Waals surface area (Å²) in [7, 11) is 0. The lowest BCUT2D eigenvalue weighted by molar-refractivity contribution is 0.102. The van der Waals surface area contributed by atoms with Crippen LogP contribution in [0.1, 0.15) is 16.1 Å². The van der Waals surface area contributed by atoms with Crippen LogP contribution in [0.3, 0.4) is 0 Å². The summed E-state index contributed by atoms with van der Waals surface area (Å²) in [5.74, 6) is -2.34. The molecule has 106 valence electrons. The molecule has 0 bridgehead atoms. The molecule has 0 aliphatic heterocycles. The quantitative estimate of drug-likeness (QED) is 0.788. The van der Waals surface area contributed by atoms with Gasteiger partial charge in [0, 0.05) is 12.1 Å². The van der Waals surface area contributed by atoms with Crippen LogP contribution >= 0.6 is 0 Å².